The van der Waals surface area contributed by atoms with Crippen molar-refractivity contribution in [1.82, 2.24) is 0 Å². The van der Waals surface area contributed by atoms with E-state index in [1.165, 1.54) is 13.2 Å². The molecule has 30 heavy (non-hydrogen) atoms. The summed E-state index contributed by atoms with van der Waals surface area (Å²) in [6.07, 6.45) is -1.75. The van der Waals surface area contributed by atoms with Crippen LogP contribution in [0.15, 0.2) is 35.5 Å². The number of aliphatic hydroxyl groups excluding tert-OH is 1. The number of ether oxygens (including phenoxy) is 5. The first kappa shape index (κ1) is 20.8. The van der Waals surface area contributed by atoms with Gasteiger partial charge in [-0.1, -0.05) is 6.58 Å². The van der Waals surface area contributed by atoms with Crippen LogP contribution in [0.1, 0.15) is 20.8 Å². The molecule has 0 amide bonds. The molecule has 3 aliphatic heterocycles. The van der Waals surface area contributed by atoms with Crippen LogP contribution < -0.4 is 0 Å². The van der Waals surface area contributed by atoms with E-state index in [2.05, 4.69) is 6.58 Å². The molecule has 9 nitrogen and oxygen atoms in total. The van der Waals surface area contributed by atoms with Crippen molar-refractivity contribution >= 4 is 17.9 Å². The number of epoxide rings is 2. The lowest BCUT2D eigenvalue weighted by Gasteiger charge is -2.31. The zero-order chi connectivity index (χ0) is 22.0. The summed E-state index contributed by atoms with van der Waals surface area (Å²) in [5.41, 5.74) is -0.473. The molecule has 0 aromatic carbocycles. The third-order valence-corrected chi connectivity index (χ3v) is 6.20. The number of carbonyl (C=O) groups is 3. The Morgan fingerprint density at radius 2 is 1.93 bits per heavy atom. The van der Waals surface area contributed by atoms with E-state index in [0.29, 0.717) is 0 Å². The molecule has 3 saturated heterocycles. The Hall–Kier alpha value is -2.49. The van der Waals surface area contributed by atoms with Gasteiger partial charge in [-0.25, -0.2) is 14.4 Å². The minimum atomic E-state index is -1.60. The molecule has 0 aromatic rings. The summed E-state index contributed by atoms with van der Waals surface area (Å²) >= 11 is 0. The first-order valence-corrected chi connectivity index (χ1v) is 9.69. The van der Waals surface area contributed by atoms with E-state index < -0.39 is 53.8 Å². The second kappa shape index (κ2) is 7.04. The molecule has 1 N–H and O–H groups in total. The largest absolute Gasteiger partial charge is 0.466 e. The van der Waals surface area contributed by atoms with Crippen LogP contribution in [0, 0.1) is 5.92 Å². The molecule has 3 heterocycles. The summed E-state index contributed by atoms with van der Waals surface area (Å²) in [5.74, 6) is -3.09. The molecule has 162 valence electrons. The van der Waals surface area contributed by atoms with E-state index in [4.69, 9.17) is 23.7 Å². The van der Waals surface area contributed by atoms with Crippen LogP contribution in [-0.4, -0.2) is 72.3 Å². The van der Waals surface area contributed by atoms with Crippen molar-refractivity contribution in [2.24, 2.45) is 5.92 Å². The number of hydrogen-bond donors (Lipinski definition) is 1. The minimum Gasteiger partial charge on any atom is -0.466 e. The zero-order valence-electron chi connectivity index (χ0n) is 17.1. The molecule has 0 unspecified atom stereocenters. The molecule has 4 rings (SSSR count). The summed E-state index contributed by atoms with van der Waals surface area (Å²) in [6, 6.07) is 0. The SMILES string of the molecule is C=C1C(=O)O[C@@H]2/C=C(\C)[C@@H]3O[C@@H]3/C=C(/C(=O)OC)[C@H](O)[C@@H](OC(=O)[C@]3(C)O[C@@H]3C)[C@@H]12. The number of rotatable bonds is 3. The Morgan fingerprint density at radius 3 is 2.53 bits per heavy atom. The predicted octanol–water partition coefficient (Wildman–Crippen LogP) is 0.361. The first-order chi connectivity index (χ1) is 14.1. The molecule has 4 aliphatic rings. The maximum Gasteiger partial charge on any atom is 0.341 e. The second-order valence-corrected chi connectivity index (χ2v) is 8.15. The highest BCUT2D eigenvalue weighted by molar-refractivity contribution is 5.93. The van der Waals surface area contributed by atoms with E-state index in [0.717, 1.165) is 5.57 Å². The smallest absolute Gasteiger partial charge is 0.341 e. The van der Waals surface area contributed by atoms with Crippen molar-refractivity contribution in [3.8, 4) is 0 Å². The third kappa shape index (κ3) is 3.27. The molecule has 3 fully saturated rings. The fraction of sp³-hybridized carbons (Fsp3) is 0.571. The standard InChI is InChI=1S/C21H24O9/c1-8-6-12-14(9(2)18(23)28-12)17(29-20(25)21(4)10(3)30-21)15(22)11(19(24)26-5)7-13-16(8)27-13/h6-7,10,12-17,22H,2H2,1,3-5H3/b8-6+,11-7+/t10-,12-,13-,14+,15+,16+,17+,21-/m1/s1. The van der Waals surface area contributed by atoms with Gasteiger partial charge in [-0.05, 0) is 38.5 Å². The summed E-state index contributed by atoms with van der Waals surface area (Å²) in [7, 11) is 1.18. The van der Waals surface area contributed by atoms with Gasteiger partial charge in [0.05, 0.1) is 24.7 Å². The fourth-order valence-electron chi connectivity index (χ4n) is 3.98. The van der Waals surface area contributed by atoms with Gasteiger partial charge in [-0.3, -0.25) is 0 Å². The average molecular weight is 420 g/mol. The lowest BCUT2D eigenvalue weighted by atomic mass is 9.83. The highest BCUT2D eigenvalue weighted by Crippen LogP contribution is 2.42. The molecule has 0 radical (unpaired) electrons. The number of aliphatic hydroxyl groups is 1. The lowest BCUT2D eigenvalue weighted by Crippen LogP contribution is -2.46. The summed E-state index contributed by atoms with van der Waals surface area (Å²) in [4.78, 5) is 37.5. The number of esters is 3. The molecule has 9 heteroatoms. The summed E-state index contributed by atoms with van der Waals surface area (Å²) in [6.45, 7) is 8.86. The fourth-order valence-corrected chi connectivity index (χ4v) is 3.98. The van der Waals surface area contributed by atoms with Crippen LogP contribution in [0.3, 0.4) is 0 Å². The molecule has 0 saturated carbocycles. The molecular formula is C21H24O9. The van der Waals surface area contributed by atoms with Gasteiger partial charge in [0.15, 0.2) is 5.60 Å². The van der Waals surface area contributed by atoms with E-state index in [1.807, 2.05) is 6.92 Å². The summed E-state index contributed by atoms with van der Waals surface area (Å²) in [5, 5.41) is 11.1. The Morgan fingerprint density at radius 1 is 1.27 bits per heavy atom. The normalized spacial score (nSPS) is 45.6. The van der Waals surface area contributed by atoms with Gasteiger partial charge in [0, 0.05) is 5.57 Å². The van der Waals surface area contributed by atoms with Gasteiger partial charge in [0.1, 0.15) is 30.5 Å². The Bertz CT molecular complexity index is 887. The van der Waals surface area contributed by atoms with Crippen molar-refractivity contribution in [2.75, 3.05) is 7.11 Å². The summed E-state index contributed by atoms with van der Waals surface area (Å²) < 4.78 is 26.8. The number of hydrogen-bond acceptors (Lipinski definition) is 9. The van der Waals surface area contributed by atoms with E-state index in [-0.39, 0.29) is 23.4 Å². The van der Waals surface area contributed by atoms with Crippen LogP contribution in [0.2, 0.25) is 0 Å². The predicted molar refractivity (Wildman–Crippen MR) is 99.9 cm³/mol. The zero-order valence-corrected chi connectivity index (χ0v) is 17.1. The highest BCUT2D eigenvalue weighted by atomic mass is 16.7. The van der Waals surface area contributed by atoms with Gasteiger partial charge in [0.2, 0.25) is 0 Å². The maximum atomic E-state index is 12.8. The van der Waals surface area contributed by atoms with Crippen LogP contribution in [-0.2, 0) is 38.1 Å². The second-order valence-electron chi connectivity index (χ2n) is 8.15. The topological polar surface area (TPSA) is 124 Å². The number of methoxy groups -OCH3 is 1. The molecule has 1 aliphatic carbocycles. The van der Waals surface area contributed by atoms with Crippen LogP contribution in [0.5, 0.6) is 0 Å². The van der Waals surface area contributed by atoms with Crippen LogP contribution in [0.4, 0.5) is 0 Å². The van der Waals surface area contributed by atoms with Crippen molar-refractivity contribution in [3.05, 3.63) is 35.5 Å². The average Bonchev–Trinajstić information content (AvgIpc) is 3.58. The molecule has 8 atom stereocenters. The van der Waals surface area contributed by atoms with Gasteiger partial charge >= 0.3 is 17.9 Å². The monoisotopic (exact) mass is 420 g/mol. The first-order valence-electron chi connectivity index (χ1n) is 9.69. The van der Waals surface area contributed by atoms with Crippen molar-refractivity contribution in [1.29, 1.82) is 0 Å². The van der Waals surface area contributed by atoms with Crippen molar-refractivity contribution < 1.29 is 43.2 Å². The quantitative estimate of drug-likeness (QED) is 0.227. The van der Waals surface area contributed by atoms with Crippen molar-refractivity contribution in [3.63, 3.8) is 0 Å². The Kier molecular flexibility index (Phi) is 4.87. The highest BCUT2D eigenvalue weighted by Gasteiger charge is 2.59. The van der Waals surface area contributed by atoms with E-state index >= 15 is 0 Å². The van der Waals surface area contributed by atoms with Gasteiger partial charge in [0.25, 0.3) is 0 Å². The van der Waals surface area contributed by atoms with E-state index in [1.54, 1.807) is 19.9 Å². The minimum absolute atomic E-state index is 0.0360. The maximum absolute atomic E-state index is 12.8. The molecule has 0 bridgehead atoms. The molecular weight excluding hydrogens is 396 g/mol. The van der Waals surface area contributed by atoms with Gasteiger partial charge < -0.3 is 28.8 Å². The Labute approximate surface area is 173 Å². The molecule has 0 aromatic heterocycles. The molecule has 0 spiro atoms. The van der Waals surface area contributed by atoms with Crippen molar-refractivity contribution in [2.45, 2.75) is 63.0 Å². The van der Waals surface area contributed by atoms with Crippen LogP contribution >= 0.6 is 0 Å². The number of fused-ring (bicyclic) bond motifs is 2. The van der Waals surface area contributed by atoms with Crippen LogP contribution in [0.25, 0.3) is 0 Å². The van der Waals surface area contributed by atoms with Gasteiger partial charge in [-0.2, -0.15) is 0 Å². The third-order valence-electron chi connectivity index (χ3n) is 6.20. The van der Waals surface area contributed by atoms with Gasteiger partial charge in [-0.15, -0.1) is 0 Å². The Balaban J connectivity index is 1.77. The lowest BCUT2D eigenvalue weighted by molar-refractivity contribution is -0.165. The van der Waals surface area contributed by atoms with E-state index in [9.17, 15) is 19.5 Å². The number of carbonyl (C=O) groups excluding carboxylic acids is 3.